The summed E-state index contributed by atoms with van der Waals surface area (Å²) < 4.78 is 5.22. The number of carbonyl (C=O) groups excluding carboxylic acids is 1. The molecule has 0 aromatic heterocycles. The van der Waals surface area contributed by atoms with Crippen LogP contribution in [-0.2, 0) is 9.53 Å². The van der Waals surface area contributed by atoms with Gasteiger partial charge in [-0.3, -0.25) is 4.79 Å². The van der Waals surface area contributed by atoms with E-state index in [-0.39, 0.29) is 12.0 Å². The van der Waals surface area contributed by atoms with E-state index in [2.05, 4.69) is 0 Å². The predicted molar refractivity (Wildman–Crippen MR) is 60.6 cm³/mol. The Morgan fingerprint density at radius 1 is 1.29 bits per heavy atom. The van der Waals surface area contributed by atoms with Crippen LogP contribution in [0.15, 0.2) is 0 Å². The van der Waals surface area contributed by atoms with Crippen molar-refractivity contribution in [2.24, 2.45) is 11.3 Å². The number of likely N-dealkylation sites (tertiary alicyclic amines) is 1. The third kappa shape index (κ3) is 2.23. The van der Waals surface area contributed by atoms with Gasteiger partial charge in [-0.2, -0.15) is 0 Å². The smallest absolute Gasteiger partial charge is 0.410 e. The first kappa shape index (κ1) is 12.2. The summed E-state index contributed by atoms with van der Waals surface area (Å²) in [7, 11) is 0. The first-order valence-corrected chi connectivity index (χ1v) is 5.96. The van der Waals surface area contributed by atoms with Crippen molar-refractivity contribution in [1.82, 2.24) is 4.90 Å². The van der Waals surface area contributed by atoms with E-state index < -0.39 is 17.0 Å². The molecule has 1 N–H and O–H groups in total. The van der Waals surface area contributed by atoms with E-state index in [4.69, 9.17) is 9.84 Å². The number of rotatable bonds is 2. The Balaban J connectivity index is 1.83. The number of hydrogen-bond acceptors (Lipinski definition) is 3. The molecule has 1 amide bonds. The zero-order valence-corrected chi connectivity index (χ0v) is 10.5. The Morgan fingerprint density at radius 3 is 2.18 bits per heavy atom. The van der Waals surface area contributed by atoms with Crippen molar-refractivity contribution >= 4 is 12.1 Å². The van der Waals surface area contributed by atoms with Crippen molar-refractivity contribution in [3.63, 3.8) is 0 Å². The second-order valence-corrected chi connectivity index (χ2v) is 6.04. The van der Waals surface area contributed by atoms with Gasteiger partial charge in [-0.1, -0.05) is 0 Å². The van der Waals surface area contributed by atoms with Crippen LogP contribution in [0.2, 0.25) is 0 Å². The number of carbonyl (C=O) groups is 2. The molecule has 0 bridgehead atoms. The number of carboxylic acids is 1. The Hall–Kier alpha value is -1.26. The molecule has 1 aliphatic heterocycles. The van der Waals surface area contributed by atoms with Gasteiger partial charge in [0.1, 0.15) is 5.60 Å². The number of carboxylic acid groups (broad SMARTS) is 1. The van der Waals surface area contributed by atoms with E-state index in [9.17, 15) is 9.59 Å². The van der Waals surface area contributed by atoms with Gasteiger partial charge in [0.05, 0.1) is 5.41 Å². The molecule has 1 heterocycles. The van der Waals surface area contributed by atoms with Crippen LogP contribution in [0.5, 0.6) is 0 Å². The molecule has 0 atom stereocenters. The van der Waals surface area contributed by atoms with Gasteiger partial charge < -0.3 is 14.7 Å². The highest BCUT2D eigenvalue weighted by molar-refractivity contribution is 5.79. The molecule has 0 aromatic rings. The quantitative estimate of drug-likeness (QED) is 0.799. The van der Waals surface area contributed by atoms with E-state index >= 15 is 0 Å². The van der Waals surface area contributed by atoms with Crippen molar-refractivity contribution in [2.75, 3.05) is 13.1 Å². The van der Waals surface area contributed by atoms with Gasteiger partial charge in [0, 0.05) is 19.0 Å². The van der Waals surface area contributed by atoms with Crippen LogP contribution in [-0.4, -0.2) is 40.8 Å². The summed E-state index contributed by atoms with van der Waals surface area (Å²) in [6.07, 6.45) is 1.15. The van der Waals surface area contributed by atoms with Crippen molar-refractivity contribution in [3.05, 3.63) is 0 Å². The van der Waals surface area contributed by atoms with E-state index in [1.807, 2.05) is 20.8 Å². The Morgan fingerprint density at radius 2 is 1.82 bits per heavy atom. The molecule has 5 nitrogen and oxygen atoms in total. The van der Waals surface area contributed by atoms with Crippen molar-refractivity contribution in [1.29, 1.82) is 0 Å². The molecular formula is C12H19NO4. The molecule has 0 spiro atoms. The van der Waals surface area contributed by atoms with E-state index in [0.717, 1.165) is 12.8 Å². The molecule has 1 saturated heterocycles. The van der Waals surface area contributed by atoms with Crippen LogP contribution in [0.1, 0.15) is 33.6 Å². The Labute approximate surface area is 101 Å². The zero-order valence-electron chi connectivity index (χ0n) is 10.5. The van der Waals surface area contributed by atoms with Gasteiger partial charge in [0.2, 0.25) is 0 Å². The first-order chi connectivity index (χ1) is 7.74. The standard InChI is InChI=1S/C12H19NO4/c1-11(2,3)17-10(16)13-6-8(7-13)12(4-5-12)9(14)15/h8H,4-7H2,1-3H3,(H,14,15). The lowest BCUT2D eigenvalue weighted by atomic mass is 9.83. The van der Waals surface area contributed by atoms with Gasteiger partial charge in [0.25, 0.3) is 0 Å². The summed E-state index contributed by atoms with van der Waals surface area (Å²) in [5, 5.41) is 9.12. The van der Waals surface area contributed by atoms with Crippen molar-refractivity contribution in [3.8, 4) is 0 Å². The predicted octanol–water partition coefficient (Wildman–Crippen LogP) is 1.72. The molecule has 0 aromatic carbocycles. The summed E-state index contributed by atoms with van der Waals surface area (Å²) in [6, 6.07) is 0. The lowest BCUT2D eigenvalue weighted by Gasteiger charge is -2.42. The van der Waals surface area contributed by atoms with Gasteiger partial charge >= 0.3 is 12.1 Å². The minimum absolute atomic E-state index is 0.104. The summed E-state index contributed by atoms with van der Waals surface area (Å²) >= 11 is 0. The summed E-state index contributed by atoms with van der Waals surface area (Å²) in [5.41, 5.74) is -1.04. The lowest BCUT2D eigenvalue weighted by Crippen LogP contribution is -2.55. The monoisotopic (exact) mass is 241 g/mol. The minimum atomic E-state index is -0.716. The lowest BCUT2D eigenvalue weighted by molar-refractivity contribution is -0.148. The fourth-order valence-corrected chi connectivity index (χ4v) is 2.24. The van der Waals surface area contributed by atoms with Gasteiger partial charge in [-0.25, -0.2) is 4.79 Å². The van der Waals surface area contributed by atoms with Crippen molar-refractivity contribution < 1.29 is 19.4 Å². The SMILES string of the molecule is CC(C)(C)OC(=O)N1CC(C2(C(=O)O)CC2)C1. The molecule has 2 rings (SSSR count). The van der Waals surface area contributed by atoms with E-state index in [0.29, 0.717) is 13.1 Å². The largest absolute Gasteiger partial charge is 0.481 e. The number of nitrogens with zero attached hydrogens (tertiary/aromatic N) is 1. The maximum Gasteiger partial charge on any atom is 0.410 e. The molecule has 5 heteroatoms. The third-order valence-electron chi connectivity index (χ3n) is 3.53. The highest BCUT2D eigenvalue weighted by atomic mass is 16.6. The number of amides is 1. The van der Waals surface area contributed by atoms with Gasteiger partial charge in [-0.05, 0) is 33.6 Å². The Bertz CT molecular complexity index is 348. The zero-order chi connectivity index (χ0) is 12.8. The number of hydrogen-bond donors (Lipinski definition) is 1. The number of aliphatic carboxylic acids is 1. The normalized spacial score (nSPS) is 22.9. The first-order valence-electron chi connectivity index (χ1n) is 5.96. The maximum atomic E-state index is 11.7. The van der Waals surface area contributed by atoms with Crippen LogP contribution >= 0.6 is 0 Å². The molecule has 1 saturated carbocycles. The third-order valence-corrected chi connectivity index (χ3v) is 3.53. The van der Waals surface area contributed by atoms with E-state index in [1.165, 1.54) is 0 Å². The van der Waals surface area contributed by atoms with Gasteiger partial charge in [-0.15, -0.1) is 0 Å². The highest BCUT2D eigenvalue weighted by Gasteiger charge is 2.60. The van der Waals surface area contributed by atoms with Crippen LogP contribution < -0.4 is 0 Å². The maximum absolute atomic E-state index is 11.7. The second-order valence-electron chi connectivity index (χ2n) is 6.04. The highest BCUT2D eigenvalue weighted by Crippen LogP contribution is 2.55. The molecule has 2 aliphatic rings. The number of ether oxygens (including phenoxy) is 1. The summed E-state index contributed by atoms with van der Waals surface area (Å²) in [5.74, 6) is -0.612. The molecular weight excluding hydrogens is 222 g/mol. The Kier molecular flexibility index (Phi) is 2.60. The average molecular weight is 241 g/mol. The molecule has 0 radical (unpaired) electrons. The van der Waals surface area contributed by atoms with E-state index in [1.54, 1.807) is 4.90 Å². The van der Waals surface area contributed by atoms with Gasteiger partial charge in [0.15, 0.2) is 0 Å². The topological polar surface area (TPSA) is 66.8 Å². The molecule has 17 heavy (non-hydrogen) atoms. The van der Waals surface area contributed by atoms with Crippen LogP contribution in [0.4, 0.5) is 4.79 Å². The summed E-state index contributed by atoms with van der Waals surface area (Å²) in [6.45, 7) is 6.49. The van der Waals surface area contributed by atoms with Crippen LogP contribution in [0.3, 0.4) is 0 Å². The minimum Gasteiger partial charge on any atom is -0.481 e. The fourth-order valence-electron chi connectivity index (χ4n) is 2.24. The average Bonchev–Trinajstić information content (AvgIpc) is 2.78. The summed E-state index contributed by atoms with van der Waals surface area (Å²) in [4.78, 5) is 24.3. The fraction of sp³-hybridized carbons (Fsp3) is 0.833. The van der Waals surface area contributed by atoms with Crippen LogP contribution in [0, 0.1) is 11.3 Å². The van der Waals surface area contributed by atoms with Crippen LogP contribution in [0.25, 0.3) is 0 Å². The molecule has 1 aliphatic carbocycles. The molecule has 0 unspecified atom stereocenters. The second kappa shape index (κ2) is 3.62. The molecule has 2 fully saturated rings. The van der Waals surface area contributed by atoms with Crippen molar-refractivity contribution in [2.45, 2.75) is 39.2 Å². The molecule has 96 valence electrons.